The number of aromatic nitrogens is 2. The van der Waals surface area contributed by atoms with E-state index >= 15 is 0 Å². The Labute approximate surface area is 123 Å². The van der Waals surface area contributed by atoms with Gasteiger partial charge >= 0.3 is 6.01 Å². The number of nitrogens with zero attached hydrogens (tertiary/aromatic N) is 4. The molecule has 0 unspecified atom stereocenters. The number of piperazine rings is 1. The summed E-state index contributed by atoms with van der Waals surface area (Å²) in [5.41, 5.74) is 6.65. The van der Waals surface area contributed by atoms with E-state index in [9.17, 15) is 0 Å². The molecule has 1 aliphatic rings. The van der Waals surface area contributed by atoms with Crippen LogP contribution in [0.15, 0.2) is 28.7 Å². The second kappa shape index (κ2) is 6.01. The van der Waals surface area contributed by atoms with Crippen molar-refractivity contribution in [2.75, 3.05) is 43.1 Å². The van der Waals surface area contributed by atoms with E-state index in [0.29, 0.717) is 11.9 Å². The largest absolute Gasteiger partial charge is 0.497 e. The second-order valence-corrected chi connectivity index (χ2v) is 4.86. The molecule has 7 nitrogen and oxygen atoms in total. The zero-order chi connectivity index (χ0) is 14.7. The van der Waals surface area contributed by atoms with Gasteiger partial charge in [-0.1, -0.05) is 11.2 Å². The van der Waals surface area contributed by atoms with Gasteiger partial charge in [0, 0.05) is 37.9 Å². The molecule has 112 valence electrons. The van der Waals surface area contributed by atoms with Gasteiger partial charge < -0.3 is 24.7 Å². The monoisotopic (exact) mass is 289 g/mol. The van der Waals surface area contributed by atoms with E-state index in [4.69, 9.17) is 14.9 Å². The molecule has 21 heavy (non-hydrogen) atoms. The molecule has 1 fully saturated rings. The lowest BCUT2D eigenvalue weighted by Crippen LogP contribution is -2.46. The lowest BCUT2D eigenvalue weighted by molar-refractivity contribution is 0.414. The van der Waals surface area contributed by atoms with Gasteiger partial charge in [-0.15, -0.1) is 5.10 Å². The molecule has 2 N–H and O–H groups in total. The number of methoxy groups -OCH3 is 1. The van der Waals surface area contributed by atoms with E-state index in [1.54, 1.807) is 7.11 Å². The summed E-state index contributed by atoms with van der Waals surface area (Å²) in [5.74, 6) is 1.35. The highest BCUT2D eigenvalue weighted by molar-refractivity contribution is 5.52. The Bertz CT molecular complexity index is 593. The van der Waals surface area contributed by atoms with Crippen LogP contribution in [-0.2, 0) is 6.54 Å². The number of ether oxygens (including phenoxy) is 1. The average Bonchev–Trinajstić information content (AvgIpc) is 3.04. The van der Waals surface area contributed by atoms with Crippen LogP contribution in [0.25, 0.3) is 0 Å². The Kier molecular flexibility index (Phi) is 3.92. The van der Waals surface area contributed by atoms with Crippen molar-refractivity contribution < 1.29 is 9.15 Å². The van der Waals surface area contributed by atoms with Crippen LogP contribution in [0.1, 0.15) is 5.89 Å². The summed E-state index contributed by atoms with van der Waals surface area (Å²) < 4.78 is 10.8. The van der Waals surface area contributed by atoms with Gasteiger partial charge in [-0.25, -0.2) is 0 Å². The summed E-state index contributed by atoms with van der Waals surface area (Å²) in [5, 5.41) is 7.92. The van der Waals surface area contributed by atoms with Crippen LogP contribution < -0.4 is 20.3 Å². The number of hydrogen-bond donors (Lipinski definition) is 1. The van der Waals surface area contributed by atoms with Gasteiger partial charge in [0.1, 0.15) is 5.75 Å². The first-order valence-corrected chi connectivity index (χ1v) is 6.96. The Hall–Kier alpha value is -2.28. The van der Waals surface area contributed by atoms with E-state index in [1.165, 1.54) is 5.69 Å². The number of nitrogens with two attached hydrogens (primary N) is 1. The zero-order valence-corrected chi connectivity index (χ0v) is 12.0. The van der Waals surface area contributed by atoms with Gasteiger partial charge in [-0.2, -0.15) is 0 Å². The van der Waals surface area contributed by atoms with E-state index in [1.807, 2.05) is 12.1 Å². The molecule has 0 aliphatic carbocycles. The van der Waals surface area contributed by atoms with Gasteiger partial charge in [0.15, 0.2) is 0 Å². The fraction of sp³-hybridized carbons (Fsp3) is 0.429. The molecule has 3 rings (SSSR count). The number of benzene rings is 1. The van der Waals surface area contributed by atoms with Crippen LogP contribution in [0.3, 0.4) is 0 Å². The molecule has 0 saturated carbocycles. The number of rotatable bonds is 4. The summed E-state index contributed by atoms with van der Waals surface area (Å²) in [6.45, 7) is 3.74. The lowest BCUT2D eigenvalue weighted by atomic mass is 10.2. The summed E-state index contributed by atoms with van der Waals surface area (Å²) in [4.78, 5) is 4.40. The number of hydrogen-bond acceptors (Lipinski definition) is 7. The molecule has 7 heteroatoms. The van der Waals surface area contributed by atoms with E-state index < -0.39 is 0 Å². The lowest BCUT2D eigenvalue weighted by Gasteiger charge is -2.35. The van der Waals surface area contributed by atoms with Gasteiger partial charge in [-0.3, -0.25) is 0 Å². The summed E-state index contributed by atoms with van der Waals surface area (Å²) >= 11 is 0. The predicted octanol–water partition coefficient (Wildman–Crippen LogP) is 0.863. The van der Waals surface area contributed by atoms with Crippen LogP contribution in [0.5, 0.6) is 5.75 Å². The van der Waals surface area contributed by atoms with Crippen molar-refractivity contribution in [2.24, 2.45) is 5.73 Å². The second-order valence-electron chi connectivity index (χ2n) is 4.86. The van der Waals surface area contributed by atoms with Gasteiger partial charge in [0.2, 0.25) is 5.89 Å². The van der Waals surface area contributed by atoms with Crippen molar-refractivity contribution >= 4 is 11.7 Å². The van der Waals surface area contributed by atoms with Crippen molar-refractivity contribution in [3.63, 3.8) is 0 Å². The van der Waals surface area contributed by atoms with Crippen molar-refractivity contribution in [1.82, 2.24) is 10.2 Å². The maximum absolute atomic E-state index is 5.49. The molecular weight excluding hydrogens is 270 g/mol. The molecule has 1 aromatic carbocycles. The molecule has 0 spiro atoms. The first-order chi connectivity index (χ1) is 10.3. The predicted molar refractivity (Wildman–Crippen MR) is 79.6 cm³/mol. The molecule has 1 aromatic heterocycles. The summed E-state index contributed by atoms with van der Waals surface area (Å²) in [7, 11) is 1.68. The smallest absolute Gasteiger partial charge is 0.318 e. The topological polar surface area (TPSA) is 80.7 Å². The first kappa shape index (κ1) is 13.7. The molecule has 1 saturated heterocycles. The average molecular weight is 289 g/mol. The van der Waals surface area contributed by atoms with Crippen molar-refractivity contribution in [3.05, 3.63) is 30.2 Å². The van der Waals surface area contributed by atoms with Gasteiger partial charge in [-0.05, 0) is 12.1 Å². The highest BCUT2D eigenvalue weighted by atomic mass is 16.5. The quantitative estimate of drug-likeness (QED) is 0.894. The van der Waals surface area contributed by atoms with Crippen LogP contribution in [0.2, 0.25) is 0 Å². The van der Waals surface area contributed by atoms with Crippen LogP contribution in [0, 0.1) is 0 Å². The Morgan fingerprint density at radius 2 is 1.95 bits per heavy atom. The number of anilines is 2. The third-order valence-corrected chi connectivity index (χ3v) is 3.60. The fourth-order valence-electron chi connectivity index (χ4n) is 2.42. The molecule has 1 aliphatic heterocycles. The Morgan fingerprint density at radius 3 is 2.62 bits per heavy atom. The van der Waals surface area contributed by atoms with Crippen LogP contribution in [-0.4, -0.2) is 43.5 Å². The van der Waals surface area contributed by atoms with Gasteiger partial charge in [0.05, 0.1) is 13.7 Å². The molecule has 2 aromatic rings. The van der Waals surface area contributed by atoms with Crippen LogP contribution >= 0.6 is 0 Å². The van der Waals surface area contributed by atoms with E-state index in [0.717, 1.165) is 31.9 Å². The minimum absolute atomic E-state index is 0.275. The molecular formula is C14H19N5O2. The first-order valence-electron chi connectivity index (χ1n) is 6.96. The molecule has 0 bridgehead atoms. The van der Waals surface area contributed by atoms with Crippen molar-refractivity contribution in [2.45, 2.75) is 6.54 Å². The SMILES string of the molecule is COc1cccc(N2CCN(c3nnc(CN)o3)CC2)c1. The minimum atomic E-state index is 0.275. The summed E-state index contributed by atoms with van der Waals surface area (Å²) in [6, 6.07) is 8.66. The third-order valence-electron chi connectivity index (χ3n) is 3.60. The van der Waals surface area contributed by atoms with E-state index in [-0.39, 0.29) is 6.54 Å². The normalized spacial score (nSPS) is 15.3. The zero-order valence-electron chi connectivity index (χ0n) is 12.0. The molecule has 0 amide bonds. The minimum Gasteiger partial charge on any atom is -0.497 e. The molecule has 0 atom stereocenters. The highest BCUT2D eigenvalue weighted by Crippen LogP contribution is 2.23. The fourth-order valence-corrected chi connectivity index (χ4v) is 2.42. The maximum atomic E-state index is 5.49. The van der Waals surface area contributed by atoms with E-state index in [2.05, 4.69) is 32.1 Å². The van der Waals surface area contributed by atoms with Crippen molar-refractivity contribution in [3.8, 4) is 5.75 Å². The molecule has 2 heterocycles. The Balaban J connectivity index is 1.64. The highest BCUT2D eigenvalue weighted by Gasteiger charge is 2.21. The van der Waals surface area contributed by atoms with Gasteiger partial charge in [0.25, 0.3) is 0 Å². The standard InChI is InChI=1S/C14H19N5O2/c1-20-12-4-2-3-11(9-12)18-5-7-19(8-6-18)14-17-16-13(10-15)21-14/h2-4,9H,5-8,10,15H2,1H3. The van der Waals surface area contributed by atoms with Crippen molar-refractivity contribution in [1.29, 1.82) is 0 Å². The molecule has 0 radical (unpaired) electrons. The summed E-state index contributed by atoms with van der Waals surface area (Å²) in [6.07, 6.45) is 0. The Morgan fingerprint density at radius 1 is 1.19 bits per heavy atom. The third kappa shape index (κ3) is 2.92. The van der Waals surface area contributed by atoms with Crippen LogP contribution in [0.4, 0.5) is 11.7 Å². The maximum Gasteiger partial charge on any atom is 0.318 e.